The van der Waals surface area contributed by atoms with Crippen molar-refractivity contribution in [3.05, 3.63) is 100 Å². The molecule has 2 amide bonds. The summed E-state index contributed by atoms with van der Waals surface area (Å²) in [6.07, 6.45) is 3.18. The molecule has 7 nitrogen and oxygen atoms in total. The Balaban J connectivity index is 1.24. The molecule has 1 saturated heterocycles. The first kappa shape index (κ1) is 32.6. The van der Waals surface area contributed by atoms with Crippen molar-refractivity contribution in [3.63, 3.8) is 0 Å². The quantitative estimate of drug-likeness (QED) is 0.161. The molecule has 2 bridgehead atoms. The van der Waals surface area contributed by atoms with Crippen molar-refractivity contribution < 1.29 is 36.6 Å². The largest absolute Gasteiger partial charge is 0.497 e. The third-order valence-electron chi connectivity index (χ3n) is 9.08. The van der Waals surface area contributed by atoms with Gasteiger partial charge in [0, 0.05) is 49.8 Å². The topological polar surface area (TPSA) is 71.1 Å². The van der Waals surface area contributed by atoms with Gasteiger partial charge in [0.15, 0.2) is 17.4 Å². The highest BCUT2D eigenvalue weighted by atomic mass is 19.2. The number of ether oxygens (including phenoxy) is 2. The molecule has 3 aliphatic rings. The molecule has 0 aromatic heterocycles. The smallest absolute Gasteiger partial charge is 0.252 e. The molecular formula is C36H37F4N3O4. The first-order valence-electron chi connectivity index (χ1n) is 15.9. The monoisotopic (exact) mass is 651 g/mol. The number of nitrogens with zero attached hydrogens (tertiary/aromatic N) is 2. The molecule has 2 fully saturated rings. The van der Waals surface area contributed by atoms with E-state index >= 15 is 0 Å². The molecule has 1 N–H and O–H groups in total. The molecule has 248 valence electrons. The summed E-state index contributed by atoms with van der Waals surface area (Å²) >= 11 is 0. The summed E-state index contributed by atoms with van der Waals surface area (Å²) in [6, 6.07) is 13.4. The Morgan fingerprint density at radius 2 is 1.68 bits per heavy atom. The van der Waals surface area contributed by atoms with E-state index < -0.39 is 29.0 Å². The van der Waals surface area contributed by atoms with Crippen molar-refractivity contribution in [2.45, 2.75) is 63.7 Å². The number of piperazine rings is 1. The number of methoxy groups -OCH3 is 1. The van der Waals surface area contributed by atoms with Gasteiger partial charge in [0.25, 0.3) is 5.91 Å². The van der Waals surface area contributed by atoms with Crippen LogP contribution in [0.4, 0.5) is 17.6 Å². The number of fused-ring (bicyclic) bond motifs is 2. The first-order chi connectivity index (χ1) is 22.6. The highest BCUT2D eigenvalue weighted by molar-refractivity contribution is 6.03. The zero-order valence-corrected chi connectivity index (χ0v) is 26.3. The van der Waals surface area contributed by atoms with Gasteiger partial charge in [-0.25, -0.2) is 13.2 Å². The number of rotatable bonds is 11. The molecule has 1 aliphatic carbocycles. The van der Waals surface area contributed by atoms with Gasteiger partial charge >= 0.3 is 0 Å². The molecule has 0 radical (unpaired) electrons. The summed E-state index contributed by atoms with van der Waals surface area (Å²) in [7, 11) is 1.51. The van der Waals surface area contributed by atoms with Crippen LogP contribution in [0.5, 0.6) is 11.5 Å². The van der Waals surface area contributed by atoms with Gasteiger partial charge in [-0.15, -0.1) is 0 Å². The van der Waals surface area contributed by atoms with E-state index in [0.717, 1.165) is 35.6 Å². The first-order valence-corrected chi connectivity index (χ1v) is 15.9. The minimum atomic E-state index is -1.35. The van der Waals surface area contributed by atoms with Crippen molar-refractivity contribution in [3.8, 4) is 11.5 Å². The number of hydrogen-bond acceptors (Lipinski definition) is 5. The zero-order valence-electron chi connectivity index (χ0n) is 26.3. The lowest BCUT2D eigenvalue weighted by Gasteiger charge is -2.44. The van der Waals surface area contributed by atoms with Gasteiger partial charge in [0.2, 0.25) is 11.7 Å². The van der Waals surface area contributed by atoms with Crippen LogP contribution in [0, 0.1) is 23.3 Å². The lowest BCUT2D eigenvalue weighted by Crippen LogP contribution is -2.61. The molecular weight excluding hydrogens is 614 g/mol. The molecule has 1 saturated carbocycles. The van der Waals surface area contributed by atoms with Crippen molar-refractivity contribution in [2.75, 3.05) is 26.8 Å². The molecule has 11 heteroatoms. The second-order valence-corrected chi connectivity index (χ2v) is 12.4. The maximum absolute atomic E-state index is 14.9. The third kappa shape index (κ3) is 7.15. The second kappa shape index (κ2) is 13.8. The fraction of sp³-hybridized carbons (Fsp3) is 0.389. The van der Waals surface area contributed by atoms with Gasteiger partial charge in [-0.2, -0.15) is 4.39 Å². The van der Waals surface area contributed by atoms with Crippen LogP contribution in [-0.2, 0) is 22.6 Å². The predicted octanol–water partition coefficient (Wildman–Crippen LogP) is 5.80. The van der Waals surface area contributed by atoms with Crippen LogP contribution in [0.1, 0.15) is 49.3 Å². The summed E-state index contributed by atoms with van der Waals surface area (Å²) in [6.45, 7) is 2.51. The van der Waals surface area contributed by atoms with Gasteiger partial charge in [-0.1, -0.05) is 24.3 Å². The minimum absolute atomic E-state index is 0.00455. The Labute approximate surface area is 271 Å². The van der Waals surface area contributed by atoms with Gasteiger partial charge < -0.3 is 24.6 Å². The normalized spacial score (nSPS) is 19.1. The van der Waals surface area contributed by atoms with Crippen LogP contribution >= 0.6 is 0 Å². The van der Waals surface area contributed by atoms with Crippen LogP contribution in [0.2, 0.25) is 0 Å². The molecule has 0 spiro atoms. The van der Waals surface area contributed by atoms with E-state index in [4.69, 9.17) is 9.47 Å². The van der Waals surface area contributed by atoms with E-state index in [-0.39, 0.29) is 43.1 Å². The number of carbonyl (C=O) groups is 2. The molecule has 3 aromatic carbocycles. The van der Waals surface area contributed by atoms with E-state index in [2.05, 4.69) is 5.32 Å². The summed E-state index contributed by atoms with van der Waals surface area (Å²) in [5.74, 6) is -4.33. The average molecular weight is 652 g/mol. The highest BCUT2D eigenvalue weighted by Crippen LogP contribution is 2.38. The number of nitrogens with one attached hydrogen (secondary N) is 1. The van der Waals surface area contributed by atoms with Crippen LogP contribution in [0.3, 0.4) is 0 Å². The Morgan fingerprint density at radius 1 is 0.957 bits per heavy atom. The Hall–Kier alpha value is -4.38. The Morgan fingerprint density at radius 3 is 2.38 bits per heavy atom. The number of aryl methyl sites for hydroxylation is 1. The molecule has 2 atom stereocenters. The van der Waals surface area contributed by atoms with Crippen LogP contribution in [0.25, 0.3) is 5.57 Å². The summed E-state index contributed by atoms with van der Waals surface area (Å²) in [5, 5.41) is 3.56. The fourth-order valence-corrected chi connectivity index (χ4v) is 6.48. The Kier molecular flexibility index (Phi) is 9.54. The Bertz CT molecular complexity index is 1690. The number of hydrogen-bond donors (Lipinski definition) is 1. The summed E-state index contributed by atoms with van der Waals surface area (Å²) in [5.41, 5.74) is 3.70. The maximum atomic E-state index is 14.9. The van der Waals surface area contributed by atoms with Crippen LogP contribution < -0.4 is 14.8 Å². The van der Waals surface area contributed by atoms with Crippen molar-refractivity contribution >= 4 is 17.4 Å². The molecule has 47 heavy (non-hydrogen) atoms. The lowest BCUT2D eigenvalue weighted by molar-refractivity contribution is -0.132. The highest BCUT2D eigenvalue weighted by Gasteiger charge is 2.43. The van der Waals surface area contributed by atoms with Gasteiger partial charge in [0.1, 0.15) is 11.6 Å². The molecule has 3 aromatic rings. The zero-order chi connectivity index (χ0) is 33.2. The average Bonchev–Trinajstić information content (AvgIpc) is 3.91. The summed E-state index contributed by atoms with van der Waals surface area (Å²) in [4.78, 5) is 30.4. The van der Waals surface area contributed by atoms with Crippen LogP contribution in [0.15, 0.2) is 60.2 Å². The SMILES string of the molecule is COc1ccc(F)c(CN(C(=O)C2=C(c3ccc(CCCOc4c(F)ccc(F)c4F)cc3)CC3CN(C(C)=O)C[C@H]2N3)C2CC2)c1. The van der Waals surface area contributed by atoms with E-state index in [0.29, 0.717) is 55.3 Å². The van der Waals surface area contributed by atoms with Crippen molar-refractivity contribution in [2.24, 2.45) is 0 Å². The third-order valence-corrected chi connectivity index (χ3v) is 9.08. The standard InChI is InChI=1S/C36H37F4N3O4/c1-21(44)42-19-25-17-28(23-7-5-22(6-8-23)4-3-15-47-35-31(39)14-13-30(38)34(35)40)33(32(20-42)41-25)36(45)43(26-9-10-26)18-24-16-27(46-2)11-12-29(24)37/h5-8,11-14,16,25-26,32,41H,3-4,9-10,15,17-20H2,1-2H3/t25?,32-/m1/s1. The number of halogens is 4. The van der Waals surface area contributed by atoms with E-state index in [1.165, 1.54) is 20.1 Å². The number of benzene rings is 3. The fourth-order valence-electron chi connectivity index (χ4n) is 6.48. The van der Waals surface area contributed by atoms with Gasteiger partial charge in [-0.05, 0) is 79.1 Å². The van der Waals surface area contributed by atoms with Crippen LogP contribution in [-0.4, -0.2) is 66.5 Å². The summed E-state index contributed by atoms with van der Waals surface area (Å²) < 4.78 is 66.7. The number of carbonyl (C=O) groups excluding carboxylic acids is 2. The van der Waals surface area contributed by atoms with E-state index in [1.54, 1.807) is 21.9 Å². The van der Waals surface area contributed by atoms with Gasteiger partial charge in [0.05, 0.1) is 19.8 Å². The minimum Gasteiger partial charge on any atom is -0.497 e. The number of amides is 2. The van der Waals surface area contributed by atoms with E-state index in [9.17, 15) is 27.2 Å². The molecule has 6 rings (SSSR count). The van der Waals surface area contributed by atoms with Crippen molar-refractivity contribution in [1.29, 1.82) is 0 Å². The maximum Gasteiger partial charge on any atom is 0.252 e. The molecule has 1 unspecified atom stereocenters. The van der Waals surface area contributed by atoms with Gasteiger partial charge in [-0.3, -0.25) is 9.59 Å². The molecule has 2 aliphatic heterocycles. The predicted molar refractivity (Wildman–Crippen MR) is 168 cm³/mol. The lowest BCUT2D eigenvalue weighted by atomic mass is 9.82. The van der Waals surface area contributed by atoms with Crippen molar-refractivity contribution in [1.82, 2.24) is 15.1 Å². The second-order valence-electron chi connectivity index (χ2n) is 12.4. The van der Waals surface area contributed by atoms with E-state index in [1.807, 2.05) is 24.3 Å². The molecule has 2 heterocycles.